The molecule has 0 aromatic rings. The maximum atomic E-state index is 12.3. The number of rotatable bonds is 4. The van der Waals surface area contributed by atoms with Crippen molar-refractivity contribution in [1.29, 1.82) is 0 Å². The lowest BCUT2D eigenvalue weighted by molar-refractivity contribution is -0.133. The molecule has 0 N–H and O–H groups in total. The quantitative estimate of drug-likeness (QED) is 0.617. The third-order valence-corrected chi connectivity index (χ3v) is 4.07. The fourth-order valence-electron chi connectivity index (χ4n) is 3.06. The lowest BCUT2D eigenvalue weighted by Crippen LogP contribution is -3.00. The summed E-state index contributed by atoms with van der Waals surface area (Å²) < 4.78 is 5.36. The van der Waals surface area contributed by atoms with Crippen molar-refractivity contribution < 1.29 is 21.9 Å². The van der Waals surface area contributed by atoms with Gasteiger partial charge in [-0.1, -0.05) is 12.5 Å². The van der Waals surface area contributed by atoms with Gasteiger partial charge in [-0.25, -0.2) is 0 Å². The van der Waals surface area contributed by atoms with Crippen molar-refractivity contribution in [2.24, 2.45) is 5.41 Å². The van der Waals surface area contributed by atoms with Crippen LogP contribution >= 0.6 is 0 Å². The highest BCUT2D eigenvalue weighted by Crippen LogP contribution is 2.37. The number of ketones is 1. The SMILES string of the molecule is C=CCC1(CN2CCOCC2)CCCCC1=O.[Cl-]. The van der Waals surface area contributed by atoms with E-state index < -0.39 is 0 Å². The minimum absolute atomic E-state index is 0. The van der Waals surface area contributed by atoms with E-state index in [1.807, 2.05) is 6.08 Å². The van der Waals surface area contributed by atoms with Gasteiger partial charge in [-0.2, -0.15) is 0 Å². The number of Topliss-reactive ketones (excluding diaryl/α,β-unsaturated/α-hetero) is 1. The molecule has 1 aliphatic carbocycles. The van der Waals surface area contributed by atoms with Crippen LogP contribution in [0, 0.1) is 5.41 Å². The molecular weight excluding hydrogens is 250 g/mol. The van der Waals surface area contributed by atoms with Crippen molar-refractivity contribution in [2.45, 2.75) is 32.1 Å². The summed E-state index contributed by atoms with van der Waals surface area (Å²) in [5.74, 6) is 0.454. The Bertz CT molecular complexity index is 290. The Morgan fingerprint density at radius 3 is 2.67 bits per heavy atom. The van der Waals surface area contributed by atoms with E-state index in [0.29, 0.717) is 5.78 Å². The molecule has 0 spiro atoms. The second-order valence-corrected chi connectivity index (χ2v) is 5.29. The monoisotopic (exact) mass is 272 g/mol. The number of nitrogens with zero attached hydrogens (tertiary/aromatic N) is 1. The number of ether oxygens (including phenoxy) is 1. The summed E-state index contributed by atoms with van der Waals surface area (Å²) in [6, 6.07) is 0. The van der Waals surface area contributed by atoms with E-state index in [0.717, 1.165) is 58.5 Å². The number of allylic oxidation sites excluding steroid dienone is 1. The fraction of sp³-hybridized carbons (Fsp3) is 0.786. The van der Waals surface area contributed by atoms with Gasteiger partial charge in [-0.15, -0.1) is 6.58 Å². The van der Waals surface area contributed by atoms with Crippen LogP contribution < -0.4 is 12.4 Å². The summed E-state index contributed by atoms with van der Waals surface area (Å²) in [6.07, 6.45) is 6.81. The minimum atomic E-state index is -0.142. The average molecular weight is 273 g/mol. The summed E-state index contributed by atoms with van der Waals surface area (Å²) in [5.41, 5.74) is -0.142. The van der Waals surface area contributed by atoms with Gasteiger partial charge in [0.05, 0.1) is 13.2 Å². The molecule has 1 unspecified atom stereocenters. The predicted octanol–water partition coefficient (Wildman–Crippen LogP) is -0.972. The van der Waals surface area contributed by atoms with Gasteiger partial charge in [0.15, 0.2) is 0 Å². The molecule has 1 saturated heterocycles. The molecule has 1 aliphatic heterocycles. The average Bonchev–Trinajstić information content (AvgIpc) is 2.35. The Hall–Kier alpha value is -0.380. The van der Waals surface area contributed by atoms with E-state index >= 15 is 0 Å². The molecule has 0 amide bonds. The van der Waals surface area contributed by atoms with Crippen LogP contribution in [0.1, 0.15) is 32.1 Å². The lowest BCUT2D eigenvalue weighted by atomic mass is 9.70. The van der Waals surface area contributed by atoms with Crippen LogP contribution in [0.4, 0.5) is 0 Å². The normalized spacial score (nSPS) is 29.7. The number of carbonyl (C=O) groups excluding carboxylic acids is 1. The van der Waals surface area contributed by atoms with Crippen molar-refractivity contribution in [3.05, 3.63) is 12.7 Å². The van der Waals surface area contributed by atoms with E-state index in [2.05, 4.69) is 11.5 Å². The predicted molar refractivity (Wildman–Crippen MR) is 68.0 cm³/mol. The van der Waals surface area contributed by atoms with Gasteiger partial charge in [-0.3, -0.25) is 9.69 Å². The molecule has 0 bridgehead atoms. The third kappa shape index (κ3) is 3.56. The van der Waals surface area contributed by atoms with E-state index in [1.165, 1.54) is 6.42 Å². The highest BCUT2D eigenvalue weighted by molar-refractivity contribution is 5.86. The highest BCUT2D eigenvalue weighted by atomic mass is 35.5. The number of halogens is 1. The van der Waals surface area contributed by atoms with Gasteiger partial charge < -0.3 is 17.1 Å². The maximum Gasteiger partial charge on any atom is 0.140 e. The topological polar surface area (TPSA) is 29.5 Å². The van der Waals surface area contributed by atoms with Crippen LogP contribution in [0.5, 0.6) is 0 Å². The van der Waals surface area contributed by atoms with E-state index in [4.69, 9.17) is 4.74 Å². The zero-order valence-electron chi connectivity index (χ0n) is 11.0. The molecule has 104 valence electrons. The van der Waals surface area contributed by atoms with Crippen molar-refractivity contribution in [2.75, 3.05) is 32.8 Å². The third-order valence-electron chi connectivity index (χ3n) is 4.07. The zero-order valence-corrected chi connectivity index (χ0v) is 11.8. The smallest absolute Gasteiger partial charge is 0.140 e. The van der Waals surface area contributed by atoms with Crippen LogP contribution in [0.2, 0.25) is 0 Å². The standard InChI is InChI=1S/C14H23NO2.ClH/c1-2-6-14(7-4-3-5-13(14)16)12-15-8-10-17-11-9-15;/h2H,1,3-12H2;1H/p-1. The van der Waals surface area contributed by atoms with E-state index in [1.54, 1.807) is 0 Å². The molecule has 18 heavy (non-hydrogen) atoms. The molecule has 1 atom stereocenters. The number of morpholine rings is 1. The van der Waals surface area contributed by atoms with Crippen molar-refractivity contribution in [3.8, 4) is 0 Å². The van der Waals surface area contributed by atoms with Crippen LogP contribution in [0.3, 0.4) is 0 Å². The number of hydrogen-bond donors (Lipinski definition) is 0. The molecule has 3 nitrogen and oxygen atoms in total. The molecule has 2 aliphatic rings. The molecule has 1 heterocycles. The zero-order chi connectivity index (χ0) is 12.1. The maximum absolute atomic E-state index is 12.3. The van der Waals surface area contributed by atoms with E-state index in [9.17, 15) is 4.79 Å². The van der Waals surface area contributed by atoms with Gasteiger partial charge in [0.25, 0.3) is 0 Å². The first kappa shape index (κ1) is 15.7. The molecule has 4 heteroatoms. The van der Waals surface area contributed by atoms with Crippen molar-refractivity contribution in [1.82, 2.24) is 4.90 Å². The van der Waals surface area contributed by atoms with Crippen molar-refractivity contribution in [3.63, 3.8) is 0 Å². The largest absolute Gasteiger partial charge is 1.00 e. The summed E-state index contributed by atoms with van der Waals surface area (Å²) in [4.78, 5) is 14.7. The van der Waals surface area contributed by atoms with Gasteiger partial charge in [0, 0.05) is 31.5 Å². The first-order chi connectivity index (χ1) is 8.27. The second kappa shape index (κ2) is 7.27. The second-order valence-electron chi connectivity index (χ2n) is 5.29. The first-order valence-electron chi connectivity index (χ1n) is 6.71. The van der Waals surface area contributed by atoms with Gasteiger partial charge in [-0.05, 0) is 19.3 Å². The van der Waals surface area contributed by atoms with Gasteiger partial charge in [0.1, 0.15) is 5.78 Å². The Balaban J connectivity index is 0.00000162. The summed E-state index contributed by atoms with van der Waals surface area (Å²) in [5, 5.41) is 0. The van der Waals surface area contributed by atoms with Crippen LogP contribution in [-0.4, -0.2) is 43.5 Å². The van der Waals surface area contributed by atoms with Gasteiger partial charge >= 0.3 is 0 Å². The molecule has 0 aromatic heterocycles. The van der Waals surface area contributed by atoms with Crippen LogP contribution in [-0.2, 0) is 9.53 Å². The fourth-order valence-corrected chi connectivity index (χ4v) is 3.06. The summed E-state index contributed by atoms with van der Waals surface area (Å²) in [6.45, 7) is 8.27. The molecule has 1 saturated carbocycles. The lowest BCUT2D eigenvalue weighted by Gasteiger charge is -2.40. The Labute approximate surface area is 116 Å². The summed E-state index contributed by atoms with van der Waals surface area (Å²) in [7, 11) is 0. The Morgan fingerprint density at radius 1 is 1.33 bits per heavy atom. The molecular formula is C14H23ClNO2-. The van der Waals surface area contributed by atoms with Crippen LogP contribution in [0.15, 0.2) is 12.7 Å². The number of carbonyl (C=O) groups is 1. The highest BCUT2D eigenvalue weighted by Gasteiger charge is 2.40. The molecule has 0 radical (unpaired) electrons. The molecule has 2 fully saturated rings. The Kier molecular flexibility index (Phi) is 6.33. The van der Waals surface area contributed by atoms with Crippen LogP contribution in [0.25, 0.3) is 0 Å². The minimum Gasteiger partial charge on any atom is -1.00 e. The number of hydrogen-bond acceptors (Lipinski definition) is 3. The first-order valence-corrected chi connectivity index (χ1v) is 6.71. The van der Waals surface area contributed by atoms with E-state index in [-0.39, 0.29) is 17.8 Å². The molecule has 0 aromatic carbocycles. The Morgan fingerprint density at radius 2 is 2.06 bits per heavy atom. The van der Waals surface area contributed by atoms with Crippen molar-refractivity contribution >= 4 is 5.78 Å². The molecule has 2 rings (SSSR count). The summed E-state index contributed by atoms with van der Waals surface area (Å²) >= 11 is 0. The van der Waals surface area contributed by atoms with Gasteiger partial charge in [0.2, 0.25) is 0 Å².